The molecule has 7 aliphatic carbocycles. The van der Waals surface area contributed by atoms with E-state index in [-0.39, 0.29) is 21.7 Å². The summed E-state index contributed by atoms with van der Waals surface area (Å²) in [5, 5.41) is 0. The molecule has 1 nitrogen and oxygen atoms in total. The van der Waals surface area contributed by atoms with Crippen LogP contribution < -0.4 is 4.90 Å². The molecule has 6 aromatic carbocycles. The predicted molar refractivity (Wildman–Crippen MR) is 243 cm³/mol. The molecule has 0 aromatic heterocycles. The van der Waals surface area contributed by atoms with E-state index in [0.717, 1.165) is 23.7 Å². The molecule has 0 aliphatic heterocycles. The van der Waals surface area contributed by atoms with Crippen LogP contribution in [0.15, 0.2) is 127 Å². The fourth-order valence-corrected chi connectivity index (χ4v) is 14.3. The summed E-state index contributed by atoms with van der Waals surface area (Å²) in [6.07, 6.45) is 9.47. The van der Waals surface area contributed by atoms with Crippen molar-refractivity contribution in [3.8, 4) is 33.4 Å². The Morgan fingerprint density at radius 2 is 0.931 bits per heavy atom. The highest BCUT2D eigenvalue weighted by molar-refractivity contribution is 5.89. The van der Waals surface area contributed by atoms with Crippen LogP contribution in [0.2, 0.25) is 0 Å². The van der Waals surface area contributed by atoms with Gasteiger partial charge in [0.05, 0.1) is 0 Å². The number of anilines is 3. The van der Waals surface area contributed by atoms with Crippen molar-refractivity contribution in [2.45, 2.75) is 108 Å². The van der Waals surface area contributed by atoms with Crippen molar-refractivity contribution in [2.24, 2.45) is 23.7 Å². The lowest BCUT2D eigenvalue weighted by molar-refractivity contribution is -0.0399. The largest absolute Gasteiger partial charge is 0.310 e. The second kappa shape index (κ2) is 11.9. The van der Waals surface area contributed by atoms with Crippen LogP contribution in [0, 0.1) is 23.7 Å². The van der Waals surface area contributed by atoms with E-state index in [2.05, 4.69) is 174 Å². The molecule has 4 bridgehead atoms. The Morgan fingerprint density at radius 1 is 0.414 bits per heavy atom. The zero-order valence-corrected chi connectivity index (χ0v) is 35.3. The summed E-state index contributed by atoms with van der Waals surface area (Å²) >= 11 is 0. The molecule has 0 saturated heterocycles. The van der Waals surface area contributed by atoms with E-state index in [1.54, 1.807) is 11.1 Å². The number of hydrogen-bond acceptors (Lipinski definition) is 1. The summed E-state index contributed by atoms with van der Waals surface area (Å²) in [7, 11) is 0. The highest BCUT2D eigenvalue weighted by atomic mass is 15.1. The Hall–Kier alpha value is -4.88. The molecular formula is C57H57N. The van der Waals surface area contributed by atoms with Gasteiger partial charge in [-0.05, 0) is 183 Å². The maximum atomic E-state index is 2.67. The third-order valence-electron chi connectivity index (χ3n) is 16.9. The Balaban J connectivity index is 1.07. The summed E-state index contributed by atoms with van der Waals surface area (Å²) in [5.41, 5.74) is 21.6. The van der Waals surface area contributed by atoms with E-state index in [1.165, 1.54) is 118 Å². The van der Waals surface area contributed by atoms with Gasteiger partial charge in [0.2, 0.25) is 0 Å². The smallest absolute Gasteiger partial charge is 0.0467 e. The molecule has 0 amide bonds. The Morgan fingerprint density at radius 3 is 1.64 bits per heavy atom. The van der Waals surface area contributed by atoms with Crippen LogP contribution in [-0.2, 0) is 21.7 Å². The number of nitrogens with zero attached hydrogens (tertiary/aromatic N) is 1. The van der Waals surface area contributed by atoms with Crippen LogP contribution in [-0.4, -0.2) is 0 Å². The summed E-state index contributed by atoms with van der Waals surface area (Å²) in [6.45, 7) is 14.6. The third kappa shape index (κ3) is 4.65. The van der Waals surface area contributed by atoms with Crippen molar-refractivity contribution in [3.05, 3.63) is 161 Å². The predicted octanol–water partition coefficient (Wildman–Crippen LogP) is 15.2. The molecule has 1 spiro atoms. The third-order valence-corrected chi connectivity index (χ3v) is 16.9. The minimum atomic E-state index is -0.0824. The first-order valence-corrected chi connectivity index (χ1v) is 22.5. The van der Waals surface area contributed by atoms with Gasteiger partial charge in [-0.25, -0.2) is 0 Å². The maximum absolute atomic E-state index is 2.67. The number of fused-ring (bicyclic) bond motifs is 7. The molecule has 290 valence electrons. The Bertz CT molecular complexity index is 2660. The molecule has 0 heterocycles. The summed E-state index contributed by atoms with van der Waals surface area (Å²) in [5.74, 6) is 3.30. The molecule has 0 unspecified atom stereocenters. The van der Waals surface area contributed by atoms with Gasteiger partial charge in [-0.2, -0.15) is 0 Å². The number of hydrogen-bond donors (Lipinski definition) is 0. The van der Waals surface area contributed by atoms with E-state index in [1.807, 2.05) is 0 Å². The molecule has 0 atom stereocenters. The van der Waals surface area contributed by atoms with Gasteiger partial charge < -0.3 is 4.90 Å². The van der Waals surface area contributed by atoms with Crippen molar-refractivity contribution in [1.82, 2.24) is 0 Å². The second-order valence-corrected chi connectivity index (χ2v) is 21.2. The molecule has 0 radical (unpaired) electrons. The Labute approximate surface area is 346 Å². The zero-order valence-electron chi connectivity index (χ0n) is 35.3. The van der Waals surface area contributed by atoms with Gasteiger partial charge in [0, 0.05) is 27.9 Å². The van der Waals surface area contributed by atoms with Gasteiger partial charge in [-0.3, -0.25) is 0 Å². The molecule has 0 N–H and O–H groups in total. The summed E-state index contributed by atoms with van der Waals surface area (Å²) < 4.78 is 0. The maximum Gasteiger partial charge on any atom is 0.0467 e. The van der Waals surface area contributed by atoms with Crippen LogP contribution in [0.4, 0.5) is 17.1 Å². The lowest BCUT2D eigenvalue weighted by Crippen LogP contribution is -2.55. The van der Waals surface area contributed by atoms with Crippen molar-refractivity contribution >= 4 is 17.1 Å². The standard InChI is InChI=1S/C57H57N/c1-54(2)25-26-55(3,4)53-43(17-12-20-50(53)54)37-13-11-14-40(32-37)58(41-21-23-46-44-15-7-9-18-48(44)56(5,6)51(46)33-41)42-22-24-47-45-16-8-10-19-49(45)57(52(47)34-42)38-28-35-27-36(30-38)31-39(57)29-35/h7-24,32-36,38-39H,25-31H2,1-6H3. The molecule has 7 aliphatic rings. The van der Waals surface area contributed by atoms with Crippen LogP contribution in [0.5, 0.6) is 0 Å². The van der Waals surface area contributed by atoms with E-state index in [4.69, 9.17) is 0 Å². The van der Waals surface area contributed by atoms with Gasteiger partial charge in [-0.15, -0.1) is 0 Å². The molecular weight excluding hydrogens is 699 g/mol. The lowest BCUT2D eigenvalue weighted by atomic mass is 9.43. The first-order valence-electron chi connectivity index (χ1n) is 22.5. The van der Waals surface area contributed by atoms with Crippen LogP contribution in [0.1, 0.15) is 120 Å². The summed E-state index contributed by atoms with van der Waals surface area (Å²) in [4.78, 5) is 2.61. The average Bonchev–Trinajstić information content (AvgIpc) is 3.64. The zero-order chi connectivity index (χ0) is 39.3. The lowest BCUT2D eigenvalue weighted by Gasteiger charge is -2.61. The van der Waals surface area contributed by atoms with Gasteiger partial charge in [-0.1, -0.05) is 133 Å². The SMILES string of the molecule is CC1(C)CCC(C)(C)c2c(-c3cccc(N(c4ccc5c(c4)C(C)(C)c4ccccc4-5)c4ccc5c(c4)C4(c6ccccc6-5)C5CC6CC(C5)CC4C6)c3)cccc21. The molecule has 58 heavy (non-hydrogen) atoms. The number of benzene rings is 6. The van der Waals surface area contributed by atoms with E-state index < -0.39 is 0 Å². The molecule has 4 saturated carbocycles. The monoisotopic (exact) mass is 755 g/mol. The van der Waals surface area contributed by atoms with Crippen molar-refractivity contribution < 1.29 is 0 Å². The first-order chi connectivity index (χ1) is 27.9. The molecule has 4 fully saturated rings. The normalized spacial score (nSPS) is 26.8. The Kier molecular flexibility index (Phi) is 7.18. The van der Waals surface area contributed by atoms with E-state index in [0.29, 0.717) is 0 Å². The van der Waals surface area contributed by atoms with E-state index >= 15 is 0 Å². The highest BCUT2D eigenvalue weighted by Gasteiger charge is 2.61. The van der Waals surface area contributed by atoms with Crippen molar-refractivity contribution in [3.63, 3.8) is 0 Å². The second-order valence-electron chi connectivity index (χ2n) is 21.2. The molecule has 1 heteroatoms. The molecule has 6 aromatic rings. The van der Waals surface area contributed by atoms with Crippen molar-refractivity contribution in [1.29, 1.82) is 0 Å². The average molecular weight is 756 g/mol. The van der Waals surface area contributed by atoms with Gasteiger partial charge in [0.25, 0.3) is 0 Å². The van der Waals surface area contributed by atoms with Gasteiger partial charge in [0.15, 0.2) is 0 Å². The van der Waals surface area contributed by atoms with Crippen LogP contribution >= 0.6 is 0 Å². The van der Waals surface area contributed by atoms with Crippen LogP contribution in [0.3, 0.4) is 0 Å². The topological polar surface area (TPSA) is 3.24 Å². The van der Waals surface area contributed by atoms with Crippen molar-refractivity contribution in [2.75, 3.05) is 4.90 Å². The van der Waals surface area contributed by atoms with Crippen LogP contribution in [0.25, 0.3) is 33.4 Å². The fourth-order valence-electron chi connectivity index (χ4n) is 14.3. The molecule has 13 rings (SSSR count). The fraction of sp³-hybridized carbons (Fsp3) is 0.368. The van der Waals surface area contributed by atoms with E-state index in [9.17, 15) is 0 Å². The van der Waals surface area contributed by atoms with Gasteiger partial charge >= 0.3 is 0 Å². The summed E-state index contributed by atoms with van der Waals surface area (Å²) in [6, 6.07) is 50.2. The van der Waals surface area contributed by atoms with Gasteiger partial charge in [0.1, 0.15) is 0 Å². The minimum Gasteiger partial charge on any atom is -0.310 e. The number of rotatable bonds is 4. The first kappa shape index (κ1) is 35.1. The highest BCUT2D eigenvalue weighted by Crippen LogP contribution is 2.69. The minimum absolute atomic E-state index is 0.0824. The quantitative estimate of drug-likeness (QED) is 0.173.